The molecule has 0 unspecified atom stereocenters. The van der Waals surface area contributed by atoms with E-state index in [4.69, 9.17) is 11.6 Å². The third-order valence-corrected chi connectivity index (χ3v) is 0.566. The van der Waals surface area contributed by atoms with Crippen LogP contribution in [0.25, 0.3) is 0 Å². The molecule has 0 fully saturated rings. The van der Waals surface area contributed by atoms with E-state index in [9.17, 15) is 0 Å². The van der Waals surface area contributed by atoms with E-state index in [-0.39, 0.29) is 12.4 Å². The fraction of sp³-hybridized carbons (Fsp3) is 0.286. The monoisotopic (exact) mass is 179 g/mol. The number of pyridine rings is 1. The van der Waals surface area contributed by atoms with Crippen LogP contribution in [0.3, 0.4) is 0 Å². The standard InChI is InChI=1S/C5H5N.C2H5Cl.ClH/c1-2-4-6-5-3-1;1-2-3;/h1-5H;2H2,1H3;1H. The second kappa shape index (κ2) is 11.5. The second-order valence-electron chi connectivity index (χ2n) is 1.29. The first-order valence-corrected chi connectivity index (χ1v) is 3.36. The zero-order valence-corrected chi connectivity index (χ0v) is 7.40. The van der Waals surface area contributed by atoms with Crippen LogP contribution in [0, 0.1) is 0 Å². The van der Waals surface area contributed by atoms with Crippen LogP contribution in [0.2, 0.25) is 0 Å². The quantitative estimate of drug-likeness (QED) is 0.559. The molecular weight excluding hydrogens is 169 g/mol. The van der Waals surface area contributed by atoms with Gasteiger partial charge in [0.1, 0.15) is 0 Å². The van der Waals surface area contributed by atoms with Gasteiger partial charge in [-0.25, -0.2) is 0 Å². The maximum absolute atomic E-state index is 5.00. The van der Waals surface area contributed by atoms with E-state index in [1.54, 1.807) is 12.4 Å². The van der Waals surface area contributed by atoms with Crippen LogP contribution in [0.4, 0.5) is 0 Å². The van der Waals surface area contributed by atoms with Crippen molar-refractivity contribution in [3.63, 3.8) is 0 Å². The van der Waals surface area contributed by atoms with E-state index in [1.807, 2.05) is 25.1 Å². The number of hydrogen-bond donors (Lipinski definition) is 0. The number of nitrogens with zero attached hydrogens (tertiary/aromatic N) is 1. The molecule has 0 saturated carbocycles. The van der Waals surface area contributed by atoms with Crippen molar-refractivity contribution in [2.75, 3.05) is 5.88 Å². The average Bonchev–Trinajstić information content (AvgIpc) is 1.93. The van der Waals surface area contributed by atoms with Crippen molar-refractivity contribution in [3.05, 3.63) is 30.6 Å². The van der Waals surface area contributed by atoms with E-state index in [2.05, 4.69) is 4.98 Å². The highest BCUT2D eigenvalue weighted by molar-refractivity contribution is 6.17. The molecule has 0 aliphatic heterocycles. The molecule has 0 saturated heterocycles. The topological polar surface area (TPSA) is 12.9 Å². The Morgan fingerprint density at radius 1 is 1.20 bits per heavy atom. The van der Waals surface area contributed by atoms with Gasteiger partial charge in [0.2, 0.25) is 0 Å². The molecule has 1 aromatic heterocycles. The van der Waals surface area contributed by atoms with Gasteiger partial charge in [-0.1, -0.05) is 13.0 Å². The minimum Gasteiger partial charge on any atom is -0.265 e. The van der Waals surface area contributed by atoms with Gasteiger partial charge in [-0.2, -0.15) is 0 Å². The van der Waals surface area contributed by atoms with Crippen LogP contribution in [-0.4, -0.2) is 10.9 Å². The summed E-state index contributed by atoms with van der Waals surface area (Å²) in [6, 6.07) is 5.72. The van der Waals surface area contributed by atoms with Crippen molar-refractivity contribution in [2.45, 2.75) is 6.92 Å². The van der Waals surface area contributed by atoms with Crippen LogP contribution in [0.15, 0.2) is 30.6 Å². The fourth-order valence-corrected chi connectivity index (χ4v) is 0.313. The summed E-state index contributed by atoms with van der Waals surface area (Å²) in [5.74, 6) is 0.722. The summed E-state index contributed by atoms with van der Waals surface area (Å²) in [6.07, 6.45) is 3.50. The molecule has 0 N–H and O–H groups in total. The SMILES string of the molecule is CCCl.Cl.c1ccncc1. The third-order valence-electron chi connectivity index (χ3n) is 0.566. The van der Waals surface area contributed by atoms with E-state index >= 15 is 0 Å². The van der Waals surface area contributed by atoms with Crippen molar-refractivity contribution in [1.82, 2.24) is 4.98 Å². The Balaban J connectivity index is 0. The number of alkyl halides is 1. The molecule has 0 atom stereocenters. The predicted molar refractivity (Wildman–Crippen MR) is 47.9 cm³/mol. The predicted octanol–water partition coefficient (Wildman–Crippen LogP) is 2.75. The zero-order valence-electron chi connectivity index (χ0n) is 5.83. The van der Waals surface area contributed by atoms with Gasteiger partial charge in [-0.3, -0.25) is 4.98 Å². The molecule has 10 heavy (non-hydrogen) atoms. The average molecular weight is 180 g/mol. The van der Waals surface area contributed by atoms with Crippen molar-refractivity contribution in [1.29, 1.82) is 0 Å². The van der Waals surface area contributed by atoms with Crippen molar-refractivity contribution in [3.8, 4) is 0 Å². The Hall–Kier alpha value is -0.270. The molecule has 58 valence electrons. The first-order chi connectivity index (χ1) is 4.41. The van der Waals surface area contributed by atoms with Crippen molar-refractivity contribution in [2.24, 2.45) is 0 Å². The molecule has 0 aliphatic carbocycles. The molecule has 0 bridgehead atoms. The molecule has 0 spiro atoms. The lowest BCUT2D eigenvalue weighted by atomic mass is 10.5. The van der Waals surface area contributed by atoms with E-state index in [1.165, 1.54) is 0 Å². The summed E-state index contributed by atoms with van der Waals surface area (Å²) in [6.45, 7) is 1.89. The van der Waals surface area contributed by atoms with Crippen LogP contribution in [-0.2, 0) is 0 Å². The number of aromatic nitrogens is 1. The van der Waals surface area contributed by atoms with Crippen LogP contribution >= 0.6 is 24.0 Å². The first-order valence-electron chi connectivity index (χ1n) is 2.82. The minimum atomic E-state index is 0. The van der Waals surface area contributed by atoms with Crippen molar-refractivity contribution >= 4 is 24.0 Å². The highest BCUT2D eigenvalue weighted by atomic mass is 35.5. The van der Waals surface area contributed by atoms with Crippen LogP contribution < -0.4 is 0 Å². The Morgan fingerprint density at radius 2 is 1.60 bits per heavy atom. The Kier molecular flexibility index (Phi) is 14.3. The van der Waals surface area contributed by atoms with E-state index < -0.39 is 0 Å². The van der Waals surface area contributed by atoms with Gasteiger partial charge in [-0.05, 0) is 12.1 Å². The van der Waals surface area contributed by atoms with Crippen LogP contribution in [0.1, 0.15) is 6.92 Å². The van der Waals surface area contributed by atoms with Gasteiger partial charge >= 0.3 is 0 Å². The van der Waals surface area contributed by atoms with Gasteiger partial charge in [0.15, 0.2) is 0 Å². The summed E-state index contributed by atoms with van der Waals surface area (Å²) in [7, 11) is 0. The highest BCUT2D eigenvalue weighted by Crippen LogP contribution is 1.73. The second-order valence-corrected chi connectivity index (χ2v) is 1.83. The van der Waals surface area contributed by atoms with E-state index in [0.717, 1.165) is 5.88 Å². The molecular formula is C7H11Cl2N. The number of halogens is 2. The highest BCUT2D eigenvalue weighted by Gasteiger charge is 1.58. The van der Waals surface area contributed by atoms with Crippen LogP contribution in [0.5, 0.6) is 0 Å². The largest absolute Gasteiger partial charge is 0.265 e. The normalized spacial score (nSPS) is 6.60. The molecule has 1 aromatic rings. The zero-order chi connectivity index (χ0) is 6.95. The maximum Gasteiger partial charge on any atom is 0.0267 e. The molecule has 0 radical (unpaired) electrons. The molecule has 1 nitrogen and oxygen atoms in total. The molecule has 3 heteroatoms. The summed E-state index contributed by atoms with van der Waals surface area (Å²) < 4.78 is 0. The molecule has 0 amide bonds. The first kappa shape index (κ1) is 12.4. The van der Waals surface area contributed by atoms with Gasteiger partial charge in [-0.15, -0.1) is 24.0 Å². The summed E-state index contributed by atoms with van der Waals surface area (Å²) in [5, 5.41) is 0. The number of hydrogen-bond acceptors (Lipinski definition) is 1. The van der Waals surface area contributed by atoms with Gasteiger partial charge in [0.05, 0.1) is 0 Å². The summed E-state index contributed by atoms with van der Waals surface area (Å²) >= 11 is 5.00. The molecule has 1 rings (SSSR count). The van der Waals surface area contributed by atoms with E-state index in [0.29, 0.717) is 0 Å². The Bertz CT molecular complexity index is 94.5. The Labute approximate surface area is 72.8 Å². The Morgan fingerprint density at radius 3 is 1.70 bits per heavy atom. The lowest BCUT2D eigenvalue weighted by molar-refractivity contribution is 1.33. The van der Waals surface area contributed by atoms with Gasteiger partial charge in [0, 0.05) is 18.3 Å². The smallest absolute Gasteiger partial charge is 0.0267 e. The fourth-order valence-electron chi connectivity index (χ4n) is 0.313. The van der Waals surface area contributed by atoms with Gasteiger partial charge in [0.25, 0.3) is 0 Å². The molecule has 0 aromatic carbocycles. The molecule has 0 aliphatic rings. The number of rotatable bonds is 0. The van der Waals surface area contributed by atoms with Gasteiger partial charge < -0.3 is 0 Å². The minimum absolute atomic E-state index is 0. The lowest BCUT2D eigenvalue weighted by Crippen LogP contribution is -1.58. The maximum atomic E-state index is 5.00. The lowest BCUT2D eigenvalue weighted by Gasteiger charge is -1.70. The molecule has 1 heterocycles. The summed E-state index contributed by atoms with van der Waals surface area (Å²) in [4.78, 5) is 3.78. The third kappa shape index (κ3) is 10.7. The van der Waals surface area contributed by atoms with Crippen molar-refractivity contribution < 1.29 is 0 Å². The summed E-state index contributed by atoms with van der Waals surface area (Å²) in [5.41, 5.74) is 0.